The fourth-order valence-electron chi connectivity index (χ4n) is 2.39. The highest BCUT2D eigenvalue weighted by molar-refractivity contribution is 9.10. The van der Waals surface area contributed by atoms with Gasteiger partial charge < -0.3 is 4.74 Å². The molecule has 0 spiro atoms. The Bertz CT molecular complexity index is 843. The molecule has 0 fully saturated rings. The number of benzene rings is 3. The van der Waals surface area contributed by atoms with Gasteiger partial charge in [-0.05, 0) is 47.0 Å². The first kappa shape index (κ1) is 17.5. The average Bonchev–Trinajstić information content (AvgIpc) is 2.61. The second-order valence-corrected chi connectivity index (χ2v) is 6.35. The van der Waals surface area contributed by atoms with E-state index in [0.29, 0.717) is 28.0 Å². The molecule has 0 aromatic heterocycles. The van der Waals surface area contributed by atoms with Crippen molar-refractivity contribution in [3.05, 3.63) is 88.4 Å². The molecule has 0 aliphatic heterocycles. The Balaban J connectivity index is 1.78. The molecular weight excluding hydrogens is 393 g/mol. The summed E-state index contributed by atoms with van der Waals surface area (Å²) in [6, 6.07) is 20.4. The summed E-state index contributed by atoms with van der Waals surface area (Å²) in [7, 11) is 0. The minimum absolute atomic E-state index is 0.438. The topological polar surface area (TPSA) is 9.23 Å². The van der Waals surface area contributed by atoms with Crippen LogP contribution in [0.25, 0.3) is 11.1 Å². The van der Waals surface area contributed by atoms with Crippen molar-refractivity contribution < 1.29 is 17.9 Å². The Labute approximate surface area is 152 Å². The largest absolute Gasteiger partial charge is 0.489 e. The summed E-state index contributed by atoms with van der Waals surface area (Å²) in [4.78, 5) is 0. The van der Waals surface area contributed by atoms with Crippen LogP contribution in [0.15, 0.2) is 77.3 Å². The molecule has 3 aromatic carbocycles. The van der Waals surface area contributed by atoms with E-state index in [4.69, 9.17) is 4.74 Å². The summed E-state index contributed by atoms with van der Waals surface area (Å²) in [5.74, 6) is 0.663. The van der Waals surface area contributed by atoms with Crippen LogP contribution in [0.4, 0.5) is 13.2 Å². The van der Waals surface area contributed by atoms with Gasteiger partial charge in [0, 0.05) is 4.47 Å². The van der Waals surface area contributed by atoms with Crippen molar-refractivity contribution in [3.63, 3.8) is 0 Å². The molecule has 0 radical (unpaired) electrons. The van der Waals surface area contributed by atoms with Crippen molar-refractivity contribution in [2.75, 3.05) is 0 Å². The molecule has 3 rings (SSSR count). The average molecular weight is 407 g/mol. The molecule has 0 N–H and O–H groups in total. The molecule has 3 aromatic rings. The number of halogens is 4. The lowest BCUT2D eigenvalue weighted by Crippen LogP contribution is -2.04. The highest BCUT2D eigenvalue weighted by Crippen LogP contribution is 2.36. The minimum Gasteiger partial charge on any atom is -0.489 e. The molecule has 0 aliphatic rings. The summed E-state index contributed by atoms with van der Waals surface area (Å²) >= 11 is 3.32. The van der Waals surface area contributed by atoms with E-state index in [9.17, 15) is 13.2 Å². The highest BCUT2D eigenvalue weighted by atomic mass is 79.9. The van der Waals surface area contributed by atoms with E-state index in [2.05, 4.69) is 15.9 Å². The molecule has 0 bridgehead atoms. The molecule has 0 amide bonds. The maximum atomic E-state index is 12.9. The number of hydrogen-bond donors (Lipinski definition) is 0. The van der Waals surface area contributed by atoms with E-state index >= 15 is 0 Å². The Morgan fingerprint density at radius 3 is 2.16 bits per heavy atom. The predicted molar refractivity (Wildman–Crippen MR) is 95.4 cm³/mol. The van der Waals surface area contributed by atoms with Crippen molar-refractivity contribution >= 4 is 15.9 Å². The van der Waals surface area contributed by atoms with Crippen LogP contribution in [-0.2, 0) is 12.8 Å². The fourth-order valence-corrected chi connectivity index (χ4v) is 2.87. The summed E-state index contributed by atoms with van der Waals surface area (Å²) in [6.45, 7) is 0.438. The van der Waals surface area contributed by atoms with Crippen LogP contribution >= 0.6 is 15.9 Å². The van der Waals surface area contributed by atoms with Crippen molar-refractivity contribution in [1.82, 2.24) is 0 Å². The molecule has 128 valence electrons. The third kappa shape index (κ3) is 4.42. The molecule has 0 saturated heterocycles. The second-order valence-electron chi connectivity index (χ2n) is 5.49. The fraction of sp³-hybridized carbons (Fsp3) is 0.100. The lowest BCUT2D eigenvalue weighted by atomic mass is 10.0. The van der Waals surface area contributed by atoms with Gasteiger partial charge in [-0.25, -0.2) is 0 Å². The Morgan fingerprint density at radius 2 is 1.52 bits per heavy atom. The first-order chi connectivity index (χ1) is 11.9. The van der Waals surface area contributed by atoms with Crippen molar-refractivity contribution in [1.29, 1.82) is 0 Å². The summed E-state index contributed by atoms with van der Waals surface area (Å²) in [5, 5.41) is 0. The first-order valence-electron chi connectivity index (χ1n) is 7.57. The molecule has 0 aliphatic carbocycles. The quantitative estimate of drug-likeness (QED) is 0.467. The molecule has 0 atom stereocenters. The molecule has 0 heterocycles. The van der Waals surface area contributed by atoms with Crippen LogP contribution in [0.3, 0.4) is 0 Å². The summed E-state index contributed by atoms with van der Waals surface area (Å²) in [5.41, 5.74) is 1.55. The maximum absolute atomic E-state index is 12.9. The monoisotopic (exact) mass is 406 g/mol. The first-order valence-corrected chi connectivity index (χ1v) is 8.37. The Kier molecular flexibility index (Phi) is 5.13. The van der Waals surface area contributed by atoms with Crippen LogP contribution in [0.1, 0.15) is 11.1 Å². The van der Waals surface area contributed by atoms with Crippen LogP contribution in [0.5, 0.6) is 5.75 Å². The van der Waals surface area contributed by atoms with Gasteiger partial charge in [0.05, 0.1) is 5.56 Å². The van der Waals surface area contributed by atoms with Gasteiger partial charge in [0.1, 0.15) is 12.4 Å². The standard InChI is InChI=1S/C20H14BrF3O/c21-19-11-8-16(20(22,23)24)12-18(19)15-6-9-17(10-7-15)25-13-14-4-2-1-3-5-14/h1-12H,13H2. The summed E-state index contributed by atoms with van der Waals surface area (Å²) < 4.78 is 45.0. The molecular formula is C20H14BrF3O. The van der Waals surface area contributed by atoms with Gasteiger partial charge in [0.25, 0.3) is 0 Å². The van der Waals surface area contributed by atoms with Gasteiger partial charge in [0.15, 0.2) is 0 Å². The smallest absolute Gasteiger partial charge is 0.416 e. The zero-order chi connectivity index (χ0) is 17.9. The van der Waals surface area contributed by atoms with Crippen LogP contribution < -0.4 is 4.74 Å². The Morgan fingerprint density at radius 1 is 0.840 bits per heavy atom. The predicted octanol–water partition coefficient (Wildman–Crippen LogP) is 6.71. The lowest BCUT2D eigenvalue weighted by molar-refractivity contribution is -0.137. The molecule has 5 heteroatoms. The van der Waals surface area contributed by atoms with Crippen LogP contribution in [-0.4, -0.2) is 0 Å². The van der Waals surface area contributed by atoms with Gasteiger partial charge in [-0.15, -0.1) is 0 Å². The van der Waals surface area contributed by atoms with Gasteiger partial charge in [0.2, 0.25) is 0 Å². The lowest BCUT2D eigenvalue weighted by Gasteiger charge is -2.12. The minimum atomic E-state index is -4.37. The van der Waals surface area contributed by atoms with E-state index in [1.54, 1.807) is 24.3 Å². The van der Waals surface area contributed by atoms with E-state index in [1.165, 1.54) is 6.07 Å². The van der Waals surface area contributed by atoms with Crippen LogP contribution in [0.2, 0.25) is 0 Å². The van der Waals surface area contributed by atoms with E-state index in [-0.39, 0.29) is 0 Å². The van der Waals surface area contributed by atoms with Crippen molar-refractivity contribution in [3.8, 4) is 16.9 Å². The normalized spacial score (nSPS) is 11.4. The third-order valence-electron chi connectivity index (χ3n) is 3.71. The third-order valence-corrected chi connectivity index (χ3v) is 4.40. The maximum Gasteiger partial charge on any atom is 0.416 e. The van der Waals surface area contributed by atoms with Gasteiger partial charge in [-0.1, -0.05) is 58.4 Å². The second kappa shape index (κ2) is 7.31. The van der Waals surface area contributed by atoms with E-state index in [0.717, 1.165) is 17.7 Å². The zero-order valence-electron chi connectivity index (χ0n) is 13.1. The SMILES string of the molecule is FC(F)(F)c1ccc(Br)c(-c2ccc(OCc3ccccc3)cc2)c1. The van der Waals surface area contributed by atoms with Crippen molar-refractivity contribution in [2.24, 2.45) is 0 Å². The molecule has 1 nitrogen and oxygen atoms in total. The van der Waals surface area contributed by atoms with E-state index in [1.807, 2.05) is 30.3 Å². The van der Waals surface area contributed by atoms with Gasteiger partial charge in [-0.3, -0.25) is 0 Å². The summed E-state index contributed by atoms with van der Waals surface area (Å²) in [6.07, 6.45) is -4.37. The Hall–Kier alpha value is -2.27. The van der Waals surface area contributed by atoms with Gasteiger partial charge in [-0.2, -0.15) is 13.2 Å². The number of ether oxygens (including phenoxy) is 1. The zero-order valence-corrected chi connectivity index (χ0v) is 14.6. The van der Waals surface area contributed by atoms with Crippen LogP contribution in [0, 0.1) is 0 Å². The number of hydrogen-bond acceptors (Lipinski definition) is 1. The number of alkyl halides is 3. The highest BCUT2D eigenvalue weighted by Gasteiger charge is 2.30. The number of rotatable bonds is 4. The van der Waals surface area contributed by atoms with Crippen molar-refractivity contribution in [2.45, 2.75) is 12.8 Å². The molecule has 0 saturated carbocycles. The molecule has 0 unspecified atom stereocenters. The van der Waals surface area contributed by atoms with Gasteiger partial charge >= 0.3 is 6.18 Å². The van der Waals surface area contributed by atoms with E-state index < -0.39 is 11.7 Å². The molecule has 25 heavy (non-hydrogen) atoms.